The lowest BCUT2D eigenvalue weighted by Gasteiger charge is -2.11. The maximum atomic E-state index is 5.91. The number of nitrogens with zero attached hydrogens (tertiary/aromatic N) is 3. The lowest BCUT2D eigenvalue weighted by Crippen LogP contribution is -2.08. The van der Waals surface area contributed by atoms with E-state index in [1.54, 1.807) is 18.4 Å². The van der Waals surface area contributed by atoms with Crippen molar-refractivity contribution in [1.82, 2.24) is 15.0 Å². The lowest BCUT2D eigenvalue weighted by molar-refractivity contribution is 0.392. The van der Waals surface area contributed by atoms with Crippen LogP contribution in [0.25, 0.3) is 11.3 Å². The summed E-state index contributed by atoms with van der Waals surface area (Å²) in [4.78, 5) is 12.6. The number of hydrogen-bond acceptors (Lipinski definition) is 7. The van der Waals surface area contributed by atoms with Gasteiger partial charge in [0.1, 0.15) is 12.1 Å². The molecule has 2 heterocycles. The minimum Gasteiger partial charge on any atom is -0.481 e. The van der Waals surface area contributed by atoms with E-state index in [2.05, 4.69) is 31.7 Å². The smallest absolute Gasteiger partial charge is 0.223 e. The van der Waals surface area contributed by atoms with Crippen LogP contribution in [0.5, 0.6) is 5.88 Å². The molecule has 7 heteroatoms. The number of nitrogens with one attached hydrogen (secondary N) is 1. The van der Waals surface area contributed by atoms with Crippen molar-refractivity contribution < 1.29 is 4.74 Å². The number of ether oxygens (including phenoxy) is 1. The highest BCUT2D eigenvalue weighted by Crippen LogP contribution is 2.25. The van der Waals surface area contributed by atoms with Crippen LogP contribution in [0.1, 0.15) is 10.6 Å². The Morgan fingerprint density at radius 1 is 1.30 bits per heavy atom. The van der Waals surface area contributed by atoms with Gasteiger partial charge in [-0.3, -0.25) is 0 Å². The first-order valence-electron chi connectivity index (χ1n) is 7.07. The highest BCUT2D eigenvalue weighted by Gasteiger charge is 2.10. The summed E-state index contributed by atoms with van der Waals surface area (Å²) in [6.07, 6.45) is 1.39. The highest BCUT2D eigenvalue weighted by atomic mass is 32.1. The summed E-state index contributed by atoms with van der Waals surface area (Å²) in [5.41, 5.74) is 9.67. The molecule has 0 unspecified atom stereocenters. The summed E-state index contributed by atoms with van der Waals surface area (Å²) in [6, 6.07) is 8.09. The molecule has 23 heavy (non-hydrogen) atoms. The fourth-order valence-corrected chi connectivity index (χ4v) is 2.85. The van der Waals surface area contributed by atoms with Crippen molar-refractivity contribution in [2.45, 2.75) is 13.5 Å². The zero-order chi connectivity index (χ0) is 16.2. The monoisotopic (exact) mass is 327 g/mol. The molecule has 2 aromatic heterocycles. The Hall–Kier alpha value is -2.67. The Morgan fingerprint density at radius 2 is 2.17 bits per heavy atom. The molecule has 0 aliphatic heterocycles. The van der Waals surface area contributed by atoms with E-state index in [9.17, 15) is 0 Å². The van der Waals surface area contributed by atoms with Gasteiger partial charge in [0.25, 0.3) is 0 Å². The van der Waals surface area contributed by atoms with Gasteiger partial charge in [-0.1, -0.05) is 12.1 Å². The first-order chi connectivity index (χ1) is 11.2. The fourth-order valence-electron chi connectivity index (χ4n) is 2.23. The number of benzene rings is 1. The van der Waals surface area contributed by atoms with Crippen LogP contribution in [0.4, 0.5) is 11.5 Å². The molecule has 0 fully saturated rings. The Balaban J connectivity index is 1.79. The standard InChI is InChI=1S/C16H17N5OS/c1-10-21-14(8-23-10)11-4-3-5-12(6-11)18-7-13-15(17)19-9-20-16(13)22-2/h3-6,8-9,18H,7H2,1-2H3,(H2,17,19,20). The topological polar surface area (TPSA) is 86.0 Å². The van der Waals surface area contributed by atoms with Gasteiger partial charge in [0, 0.05) is 23.2 Å². The SMILES string of the molecule is COc1ncnc(N)c1CNc1cccc(-c2csc(C)n2)c1. The number of rotatable bonds is 5. The molecule has 3 N–H and O–H groups in total. The van der Waals surface area contributed by atoms with Crippen molar-refractivity contribution in [1.29, 1.82) is 0 Å². The van der Waals surface area contributed by atoms with Crippen molar-refractivity contribution in [2.24, 2.45) is 0 Å². The quantitative estimate of drug-likeness (QED) is 0.749. The maximum Gasteiger partial charge on any atom is 0.223 e. The normalized spacial score (nSPS) is 10.5. The van der Waals surface area contributed by atoms with Gasteiger partial charge in [0.2, 0.25) is 5.88 Å². The summed E-state index contributed by atoms with van der Waals surface area (Å²) in [6.45, 7) is 2.48. The van der Waals surface area contributed by atoms with Crippen molar-refractivity contribution in [3.63, 3.8) is 0 Å². The summed E-state index contributed by atoms with van der Waals surface area (Å²) in [5.74, 6) is 0.895. The molecule has 0 amide bonds. The van der Waals surface area contributed by atoms with E-state index in [1.165, 1.54) is 6.33 Å². The Labute approximate surface area is 138 Å². The predicted molar refractivity (Wildman–Crippen MR) is 92.6 cm³/mol. The van der Waals surface area contributed by atoms with Crippen LogP contribution < -0.4 is 15.8 Å². The van der Waals surface area contributed by atoms with Crippen molar-refractivity contribution in [3.8, 4) is 17.1 Å². The molecule has 0 bridgehead atoms. The molecule has 0 aliphatic carbocycles. The van der Waals surface area contributed by atoms with Gasteiger partial charge in [-0.15, -0.1) is 11.3 Å². The third-order valence-corrected chi connectivity index (χ3v) is 4.15. The molecule has 0 aliphatic rings. The van der Waals surface area contributed by atoms with Gasteiger partial charge in [-0.25, -0.2) is 15.0 Å². The first-order valence-corrected chi connectivity index (χ1v) is 7.95. The van der Waals surface area contributed by atoms with Gasteiger partial charge in [-0.2, -0.15) is 0 Å². The second-order valence-electron chi connectivity index (χ2n) is 4.93. The molecule has 0 saturated carbocycles. The largest absolute Gasteiger partial charge is 0.481 e. The van der Waals surface area contributed by atoms with Crippen LogP contribution in [0.2, 0.25) is 0 Å². The number of aryl methyl sites for hydroxylation is 1. The van der Waals surface area contributed by atoms with Crippen LogP contribution in [-0.2, 0) is 6.54 Å². The number of nitrogen functional groups attached to an aromatic ring is 1. The number of anilines is 2. The van der Waals surface area contributed by atoms with Gasteiger partial charge in [-0.05, 0) is 19.1 Å². The molecule has 3 aromatic rings. The molecule has 0 spiro atoms. The third-order valence-electron chi connectivity index (χ3n) is 3.38. The second-order valence-corrected chi connectivity index (χ2v) is 6.00. The van der Waals surface area contributed by atoms with E-state index in [4.69, 9.17) is 10.5 Å². The average Bonchev–Trinajstić information content (AvgIpc) is 3.00. The summed E-state index contributed by atoms with van der Waals surface area (Å²) in [7, 11) is 1.57. The van der Waals surface area contributed by atoms with Crippen LogP contribution in [0.3, 0.4) is 0 Å². The van der Waals surface area contributed by atoms with E-state index >= 15 is 0 Å². The van der Waals surface area contributed by atoms with Gasteiger partial charge < -0.3 is 15.8 Å². The van der Waals surface area contributed by atoms with E-state index < -0.39 is 0 Å². The number of thiazole rings is 1. The number of aromatic nitrogens is 3. The number of methoxy groups -OCH3 is 1. The highest BCUT2D eigenvalue weighted by molar-refractivity contribution is 7.09. The molecule has 0 atom stereocenters. The maximum absolute atomic E-state index is 5.91. The molecular weight excluding hydrogens is 310 g/mol. The second kappa shape index (κ2) is 6.62. The molecule has 118 valence electrons. The van der Waals surface area contributed by atoms with Crippen molar-refractivity contribution >= 4 is 22.8 Å². The van der Waals surface area contributed by atoms with E-state index in [0.29, 0.717) is 18.2 Å². The average molecular weight is 327 g/mol. The molecule has 6 nitrogen and oxygen atoms in total. The van der Waals surface area contributed by atoms with Gasteiger partial charge in [0.05, 0.1) is 23.4 Å². The van der Waals surface area contributed by atoms with Gasteiger partial charge in [0.15, 0.2) is 0 Å². The van der Waals surface area contributed by atoms with Gasteiger partial charge >= 0.3 is 0 Å². The molecule has 0 radical (unpaired) electrons. The molecule has 3 rings (SSSR count). The fraction of sp³-hybridized carbons (Fsp3) is 0.188. The summed E-state index contributed by atoms with van der Waals surface area (Å²) in [5, 5.41) is 6.44. The Bertz CT molecular complexity index is 818. The Morgan fingerprint density at radius 3 is 2.91 bits per heavy atom. The summed E-state index contributed by atoms with van der Waals surface area (Å²) < 4.78 is 5.23. The molecular formula is C16H17N5OS. The first kappa shape index (κ1) is 15.2. The van der Waals surface area contributed by atoms with Crippen LogP contribution in [0.15, 0.2) is 36.0 Å². The zero-order valence-corrected chi connectivity index (χ0v) is 13.7. The van der Waals surface area contributed by atoms with E-state index in [1.807, 2.05) is 25.1 Å². The number of nitrogens with two attached hydrogens (primary N) is 1. The van der Waals surface area contributed by atoms with Crippen LogP contribution >= 0.6 is 11.3 Å². The summed E-state index contributed by atoms with van der Waals surface area (Å²) >= 11 is 1.64. The van der Waals surface area contributed by atoms with Crippen LogP contribution in [0, 0.1) is 6.92 Å². The van der Waals surface area contributed by atoms with Crippen LogP contribution in [-0.4, -0.2) is 22.1 Å². The van der Waals surface area contributed by atoms with Crippen molar-refractivity contribution in [3.05, 3.63) is 46.5 Å². The van der Waals surface area contributed by atoms with E-state index in [-0.39, 0.29) is 0 Å². The minimum absolute atomic E-state index is 0.413. The third kappa shape index (κ3) is 3.40. The zero-order valence-electron chi connectivity index (χ0n) is 12.9. The van der Waals surface area contributed by atoms with E-state index in [0.717, 1.165) is 27.5 Å². The molecule has 0 saturated heterocycles. The Kier molecular flexibility index (Phi) is 4.38. The minimum atomic E-state index is 0.413. The lowest BCUT2D eigenvalue weighted by atomic mass is 10.1. The predicted octanol–water partition coefficient (Wildman–Crippen LogP) is 3.11. The number of hydrogen-bond donors (Lipinski definition) is 2. The molecule has 1 aromatic carbocycles. The van der Waals surface area contributed by atoms with Crippen molar-refractivity contribution in [2.75, 3.05) is 18.2 Å².